The quantitative estimate of drug-likeness (QED) is 0.144. The number of anilines is 1. The van der Waals surface area contributed by atoms with Gasteiger partial charge in [-0.25, -0.2) is 4.98 Å². The number of benzene rings is 4. The largest absolute Gasteiger partial charge is 0.348 e. The summed E-state index contributed by atoms with van der Waals surface area (Å²) in [6.07, 6.45) is 0. The van der Waals surface area contributed by atoms with Gasteiger partial charge in [-0.1, -0.05) is 78.9 Å². The molecule has 0 atom stereocenters. The van der Waals surface area contributed by atoms with Crippen LogP contribution in [0.1, 0.15) is 32.6 Å². The molecule has 8 nitrogen and oxygen atoms in total. The van der Waals surface area contributed by atoms with Gasteiger partial charge in [0, 0.05) is 54.8 Å². The maximum Gasteiger partial charge on any atom is 0.270 e. The number of non-ortho nitro benzene ring substituents is 1. The fourth-order valence-corrected chi connectivity index (χ4v) is 5.28. The van der Waals surface area contributed by atoms with Gasteiger partial charge in [0.15, 0.2) is 5.13 Å². The van der Waals surface area contributed by atoms with Gasteiger partial charge in [0.05, 0.1) is 10.6 Å². The van der Waals surface area contributed by atoms with Crippen molar-refractivity contribution in [3.05, 3.63) is 146 Å². The second-order valence-electron chi connectivity index (χ2n) is 9.57. The fourth-order valence-electron chi connectivity index (χ4n) is 4.45. The average molecular weight is 564 g/mol. The van der Waals surface area contributed by atoms with E-state index in [1.165, 1.54) is 17.4 Å². The van der Waals surface area contributed by atoms with Gasteiger partial charge >= 0.3 is 0 Å². The summed E-state index contributed by atoms with van der Waals surface area (Å²) in [5.74, 6) is -0.141. The molecule has 1 amide bonds. The Morgan fingerprint density at radius 2 is 1.54 bits per heavy atom. The van der Waals surface area contributed by atoms with E-state index in [0.29, 0.717) is 43.0 Å². The van der Waals surface area contributed by atoms with E-state index in [9.17, 15) is 14.9 Å². The SMILES string of the molecule is NCc1cccc(CNC(=O)c2ccc(CN(Cc3ccccc3)c3nc(-c4cccc([N+](=O)[O-])c4)cs3)cc2)c1. The van der Waals surface area contributed by atoms with Gasteiger partial charge in [-0.05, 0) is 34.4 Å². The molecule has 9 heteroatoms. The highest BCUT2D eigenvalue weighted by Crippen LogP contribution is 2.31. The number of aromatic nitrogens is 1. The van der Waals surface area contributed by atoms with Crippen LogP contribution in [0, 0.1) is 10.1 Å². The monoisotopic (exact) mass is 563 g/mol. The summed E-state index contributed by atoms with van der Waals surface area (Å²) in [5, 5.41) is 16.9. The molecule has 1 heterocycles. The lowest BCUT2D eigenvalue weighted by atomic mass is 10.1. The van der Waals surface area contributed by atoms with Crippen LogP contribution in [0.2, 0.25) is 0 Å². The maximum atomic E-state index is 12.8. The first kappa shape index (κ1) is 27.7. The van der Waals surface area contributed by atoms with Crippen molar-refractivity contribution in [3.8, 4) is 11.3 Å². The van der Waals surface area contributed by atoms with E-state index >= 15 is 0 Å². The molecule has 0 unspecified atom stereocenters. The summed E-state index contributed by atoms with van der Waals surface area (Å²) in [7, 11) is 0. The maximum absolute atomic E-state index is 12.8. The first-order valence-corrected chi connectivity index (χ1v) is 14.0. The highest BCUT2D eigenvalue weighted by molar-refractivity contribution is 7.14. The molecule has 0 aliphatic rings. The van der Waals surface area contributed by atoms with Crippen molar-refractivity contribution >= 4 is 28.1 Å². The molecule has 41 heavy (non-hydrogen) atoms. The van der Waals surface area contributed by atoms with E-state index in [1.807, 2.05) is 78.2 Å². The molecule has 0 fully saturated rings. The van der Waals surface area contributed by atoms with Crippen molar-refractivity contribution in [2.24, 2.45) is 5.73 Å². The van der Waals surface area contributed by atoms with E-state index in [-0.39, 0.29) is 11.6 Å². The summed E-state index contributed by atoms with van der Waals surface area (Å²) in [6, 6.07) is 32.1. The van der Waals surface area contributed by atoms with E-state index in [2.05, 4.69) is 22.3 Å². The molecule has 4 aromatic carbocycles. The number of hydrogen-bond donors (Lipinski definition) is 2. The molecule has 0 saturated heterocycles. The number of nitro groups is 1. The number of nitrogens with one attached hydrogen (secondary N) is 1. The minimum absolute atomic E-state index is 0.0337. The topological polar surface area (TPSA) is 114 Å². The van der Waals surface area contributed by atoms with Gasteiger partial charge in [-0.2, -0.15) is 0 Å². The molecular weight excluding hydrogens is 534 g/mol. The Hall–Kier alpha value is -4.86. The highest BCUT2D eigenvalue weighted by Gasteiger charge is 2.16. The first-order chi connectivity index (χ1) is 20.0. The van der Waals surface area contributed by atoms with Crippen LogP contribution in [0.15, 0.2) is 109 Å². The van der Waals surface area contributed by atoms with Crippen molar-refractivity contribution in [3.63, 3.8) is 0 Å². The highest BCUT2D eigenvalue weighted by atomic mass is 32.1. The second kappa shape index (κ2) is 13.0. The first-order valence-electron chi connectivity index (χ1n) is 13.1. The molecule has 0 spiro atoms. The third-order valence-corrected chi connectivity index (χ3v) is 7.50. The number of nitrogens with zero attached hydrogens (tertiary/aromatic N) is 3. The Bertz CT molecular complexity index is 1640. The predicted octanol–water partition coefficient (Wildman–Crippen LogP) is 6.31. The van der Waals surface area contributed by atoms with Crippen LogP contribution in [-0.2, 0) is 26.2 Å². The van der Waals surface area contributed by atoms with Crippen molar-refractivity contribution in [2.45, 2.75) is 26.2 Å². The van der Waals surface area contributed by atoms with Crippen LogP contribution in [0.5, 0.6) is 0 Å². The normalized spacial score (nSPS) is 10.8. The molecule has 206 valence electrons. The number of hydrogen-bond acceptors (Lipinski definition) is 7. The Balaban J connectivity index is 1.31. The molecule has 0 aliphatic carbocycles. The number of nitro benzene ring substituents is 1. The Morgan fingerprint density at radius 3 is 2.27 bits per heavy atom. The number of rotatable bonds is 11. The van der Waals surface area contributed by atoms with Crippen LogP contribution in [0.25, 0.3) is 11.3 Å². The van der Waals surface area contributed by atoms with Gasteiger partial charge in [0.2, 0.25) is 0 Å². The lowest BCUT2D eigenvalue weighted by Gasteiger charge is -2.22. The number of nitrogens with two attached hydrogens (primary N) is 1. The molecular formula is C32H29N5O3S. The van der Waals surface area contributed by atoms with Gasteiger partial charge in [0.25, 0.3) is 11.6 Å². The Labute approximate surface area is 242 Å². The molecule has 0 aliphatic heterocycles. The fraction of sp³-hybridized carbons (Fsp3) is 0.125. The van der Waals surface area contributed by atoms with Gasteiger partial charge in [0.1, 0.15) is 0 Å². The van der Waals surface area contributed by atoms with Crippen LogP contribution in [0.3, 0.4) is 0 Å². The third-order valence-electron chi connectivity index (χ3n) is 6.60. The van der Waals surface area contributed by atoms with Gasteiger partial charge < -0.3 is 16.0 Å². The third kappa shape index (κ3) is 7.21. The number of carbonyl (C=O) groups is 1. The molecule has 1 aromatic heterocycles. The molecule has 0 saturated carbocycles. The summed E-state index contributed by atoms with van der Waals surface area (Å²) in [4.78, 5) is 30.6. The molecule has 5 rings (SSSR count). The average Bonchev–Trinajstić information content (AvgIpc) is 3.51. The number of thiazole rings is 1. The summed E-state index contributed by atoms with van der Waals surface area (Å²) >= 11 is 1.49. The van der Waals surface area contributed by atoms with Crippen molar-refractivity contribution in [1.29, 1.82) is 0 Å². The molecule has 5 aromatic rings. The van der Waals surface area contributed by atoms with E-state index in [0.717, 1.165) is 27.4 Å². The second-order valence-corrected chi connectivity index (χ2v) is 10.4. The van der Waals surface area contributed by atoms with E-state index in [1.54, 1.807) is 12.1 Å². The van der Waals surface area contributed by atoms with Crippen molar-refractivity contribution < 1.29 is 9.72 Å². The van der Waals surface area contributed by atoms with Crippen LogP contribution < -0.4 is 16.0 Å². The Morgan fingerprint density at radius 1 is 0.854 bits per heavy atom. The zero-order chi connectivity index (χ0) is 28.6. The van der Waals surface area contributed by atoms with Crippen LogP contribution >= 0.6 is 11.3 Å². The van der Waals surface area contributed by atoms with E-state index in [4.69, 9.17) is 10.7 Å². The minimum atomic E-state index is -0.401. The summed E-state index contributed by atoms with van der Waals surface area (Å²) in [5.41, 5.74) is 11.9. The smallest absolute Gasteiger partial charge is 0.270 e. The predicted molar refractivity (Wildman–Crippen MR) is 162 cm³/mol. The number of amides is 1. The number of carbonyl (C=O) groups excluding carboxylic acids is 1. The summed E-state index contributed by atoms with van der Waals surface area (Å²) < 4.78 is 0. The van der Waals surface area contributed by atoms with Crippen molar-refractivity contribution in [1.82, 2.24) is 10.3 Å². The van der Waals surface area contributed by atoms with E-state index < -0.39 is 4.92 Å². The lowest BCUT2D eigenvalue weighted by Crippen LogP contribution is -2.23. The zero-order valence-electron chi connectivity index (χ0n) is 22.3. The zero-order valence-corrected chi connectivity index (χ0v) is 23.1. The lowest BCUT2D eigenvalue weighted by molar-refractivity contribution is -0.384. The molecule has 0 bridgehead atoms. The van der Waals surface area contributed by atoms with Crippen molar-refractivity contribution in [2.75, 3.05) is 4.90 Å². The molecule has 0 radical (unpaired) electrons. The van der Waals surface area contributed by atoms with Crippen LogP contribution in [-0.4, -0.2) is 15.8 Å². The molecule has 3 N–H and O–H groups in total. The van der Waals surface area contributed by atoms with Gasteiger partial charge in [-0.15, -0.1) is 11.3 Å². The van der Waals surface area contributed by atoms with Crippen LogP contribution in [0.4, 0.5) is 10.8 Å². The van der Waals surface area contributed by atoms with Gasteiger partial charge in [-0.3, -0.25) is 14.9 Å². The standard InChI is InChI=1S/C32H29N5O3S/c33-18-25-8-4-9-26(16-25)19-34-31(38)27-14-12-24(13-15-27)21-36(20-23-6-2-1-3-7-23)32-35-30(22-41-32)28-10-5-11-29(17-28)37(39)40/h1-17,22H,18-21,33H2,(H,34,38). The summed E-state index contributed by atoms with van der Waals surface area (Å²) in [6.45, 7) is 2.09. The minimum Gasteiger partial charge on any atom is -0.348 e. The Kier molecular flexibility index (Phi) is 8.78.